The monoisotopic (exact) mass is 360 g/mol. The van der Waals surface area contributed by atoms with Crippen molar-refractivity contribution in [2.45, 2.75) is 64.2 Å². The number of benzene rings is 1. The molecule has 2 rings (SSSR count). The molecule has 1 aromatic carbocycles. The van der Waals surface area contributed by atoms with Crippen molar-refractivity contribution in [3.05, 3.63) is 34.3 Å². The average molecular weight is 362 g/mol. The zero-order valence-corrected chi connectivity index (χ0v) is 15.2. The first kappa shape index (κ1) is 18.0. The molecule has 1 heterocycles. The van der Waals surface area contributed by atoms with E-state index in [-0.39, 0.29) is 23.5 Å². The van der Waals surface area contributed by atoms with Gasteiger partial charge >= 0.3 is 0 Å². The molecule has 0 amide bonds. The first-order chi connectivity index (χ1) is 8.76. The maximum Gasteiger partial charge on any atom is 0.0208 e. The summed E-state index contributed by atoms with van der Waals surface area (Å²) in [5.74, 6) is 0. The van der Waals surface area contributed by atoms with Gasteiger partial charge in [0.1, 0.15) is 0 Å². The van der Waals surface area contributed by atoms with Crippen LogP contribution in [0, 0.1) is 0 Å². The van der Waals surface area contributed by atoms with Crippen molar-refractivity contribution in [2.24, 2.45) is 0 Å². The maximum atomic E-state index is 3.72. The second-order valence-corrected chi connectivity index (χ2v) is 7.92. The van der Waals surface area contributed by atoms with Crippen LogP contribution < -0.4 is 10.6 Å². The summed E-state index contributed by atoms with van der Waals surface area (Å²) in [7, 11) is 0. The predicted molar refractivity (Wildman–Crippen MR) is 92.5 cm³/mol. The lowest BCUT2D eigenvalue weighted by molar-refractivity contribution is 0.145. The lowest BCUT2D eigenvalue weighted by Crippen LogP contribution is -2.61. The van der Waals surface area contributed by atoms with Crippen molar-refractivity contribution < 1.29 is 0 Å². The van der Waals surface area contributed by atoms with Crippen LogP contribution in [-0.2, 0) is 6.54 Å². The van der Waals surface area contributed by atoms with E-state index in [1.54, 1.807) is 0 Å². The fraction of sp³-hybridized carbons (Fsp3) is 0.625. The number of hydrogen-bond donors (Lipinski definition) is 2. The molecule has 0 aromatic heterocycles. The van der Waals surface area contributed by atoms with E-state index in [0.717, 1.165) is 11.0 Å². The molecule has 1 aliphatic heterocycles. The lowest BCUT2D eigenvalue weighted by Gasteiger charge is -2.46. The Hall–Kier alpha value is -0.0900. The van der Waals surface area contributed by atoms with Crippen LogP contribution in [0.2, 0.25) is 0 Å². The van der Waals surface area contributed by atoms with Gasteiger partial charge in [-0.05, 0) is 58.2 Å². The molecule has 0 radical (unpaired) electrons. The lowest BCUT2D eigenvalue weighted by atomic mass is 9.79. The van der Waals surface area contributed by atoms with Crippen LogP contribution >= 0.6 is 28.3 Å². The number of rotatable bonds is 3. The summed E-state index contributed by atoms with van der Waals surface area (Å²) in [6.45, 7) is 10.1. The molecule has 4 heteroatoms. The van der Waals surface area contributed by atoms with Gasteiger partial charge in [-0.3, -0.25) is 0 Å². The van der Waals surface area contributed by atoms with E-state index in [4.69, 9.17) is 0 Å². The highest BCUT2D eigenvalue weighted by Gasteiger charge is 2.37. The Labute approximate surface area is 137 Å². The molecule has 1 aromatic rings. The highest BCUT2D eigenvalue weighted by Crippen LogP contribution is 2.28. The molecular formula is C16H26BrClN2. The van der Waals surface area contributed by atoms with Crippen LogP contribution in [0.1, 0.15) is 46.1 Å². The Morgan fingerprint density at radius 2 is 1.80 bits per heavy atom. The van der Waals surface area contributed by atoms with E-state index in [0.29, 0.717) is 6.04 Å². The van der Waals surface area contributed by atoms with Crippen molar-refractivity contribution in [3.63, 3.8) is 0 Å². The molecule has 0 aliphatic carbocycles. The normalized spacial score (nSPS) is 21.2. The van der Waals surface area contributed by atoms with Gasteiger partial charge in [-0.25, -0.2) is 0 Å². The average Bonchev–Trinajstić information content (AvgIpc) is 2.22. The molecule has 1 fully saturated rings. The predicted octanol–water partition coefficient (Wildman–Crippen LogP) is 4.27. The molecule has 0 atom stereocenters. The van der Waals surface area contributed by atoms with Gasteiger partial charge in [0.15, 0.2) is 0 Å². The van der Waals surface area contributed by atoms with Gasteiger partial charge in [0, 0.05) is 28.1 Å². The van der Waals surface area contributed by atoms with Crippen molar-refractivity contribution in [1.82, 2.24) is 10.6 Å². The highest BCUT2D eigenvalue weighted by atomic mass is 79.9. The Balaban J connectivity index is 0.00000200. The van der Waals surface area contributed by atoms with Gasteiger partial charge in [-0.15, -0.1) is 12.4 Å². The van der Waals surface area contributed by atoms with Crippen LogP contribution in [0.15, 0.2) is 28.7 Å². The van der Waals surface area contributed by atoms with Gasteiger partial charge in [0.25, 0.3) is 0 Å². The van der Waals surface area contributed by atoms with E-state index in [9.17, 15) is 0 Å². The van der Waals surface area contributed by atoms with Crippen molar-refractivity contribution in [1.29, 1.82) is 0 Å². The highest BCUT2D eigenvalue weighted by molar-refractivity contribution is 9.10. The smallest absolute Gasteiger partial charge is 0.0208 e. The molecule has 0 spiro atoms. The SMILES string of the molecule is CC1(C)CC(NCc2cccc(Br)c2)CC(C)(C)N1.Cl. The van der Waals surface area contributed by atoms with Gasteiger partial charge < -0.3 is 10.6 Å². The molecule has 0 bridgehead atoms. The van der Waals surface area contributed by atoms with Crippen LogP contribution in [0.4, 0.5) is 0 Å². The second-order valence-electron chi connectivity index (χ2n) is 7.01. The summed E-state index contributed by atoms with van der Waals surface area (Å²) < 4.78 is 1.15. The van der Waals surface area contributed by atoms with Crippen LogP contribution in [0.3, 0.4) is 0 Å². The molecule has 114 valence electrons. The summed E-state index contributed by atoms with van der Waals surface area (Å²) in [6.07, 6.45) is 2.34. The largest absolute Gasteiger partial charge is 0.310 e. The first-order valence-corrected chi connectivity index (χ1v) is 7.82. The van der Waals surface area contributed by atoms with E-state index < -0.39 is 0 Å². The Kier molecular flexibility index (Phi) is 6.09. The second kappa shape index (κ2) is 6.78. The summed E-state index contributed by atoms with van der Waals surface area (Å²) in [6, 6.07) is 9.10. The fourth-order valence-electron chi connectivity index (χ4n) is 3.38. The Morgan fingerprint density at radius 1 is 1.20 bits per heavy atom. The number of nitrogens with one attached hydrogen (secondary N) is 2. The molecule has 2 nitrogen and oxygen atoms in total. The third-order valence-corrected chi connectivity index (χ3v) is 4.17. The van der Waals surface area contributed by atoms with E-state index in [2.05, 4.69) is 78.5 Å². The fourth-order valence-corrected chi connectivity index (χ4v) is 3.82. The molecule has 1 saturated heterocycles. The molecule has 0 saturated carbocycles. The summed E-state index contributed by atoms with van der Waals surface area (Å²) in [5, 5.41) is 7.44. The van der Waals surface area contributed by atoms with Gasteiger partial charge in [0.05, 0.1) is 0 Å². The Bertz CT molecular complexity index is 430. The molecule has 1 aliphatic rings. The van der Waals surface area contributed by atoms with Crippen LogP contribution in [0.25, 0.3) is 0 Å². The minimum atomic E-state index is 0. The van der Waals surface area contributed by atoms with E-state index >= 15 is 0 Å². The minimum absolute atomic E-state index is 0. The molecule has 2 N–H and O–H groups in total. The van der Waals surface area contributed by atoms with E-state index in [1.807, 2.05) is 0 Å². The first-order valence-electron chi connectivity index (χ1n) is 7.03. The van der Waals surface area contributed by atoms with Crippen molar-refractivity contribution in [2.75, 3.05) is 0 Å². The zero-order valence-electron chi connectivity index (χ0n) is 12.8. The molecule has 0 unspecified atom stereocenters. The summed E-state index contributed by atoms with van der Waals surface area (Å²) >= 11 is 3.53. The number of hydrogen-bond acceptors (Lipinski definition) is 2. The van der Waals surface area contributed by atoms with Gasteiger partial charge in [-0.2, -0.15) is 0 Å². The zero-order chi connectivity index (χ0) is 14.1. The summed E-state index contributed by atoms with van der Waals surface area (Å²) in [4.78, 5) is 0. The van der Waals surface area contributed by atoms with Crippen LogP contribution in [-0.4, -0.2) is 17.1 Å². The third kappa shape index (κ3) is 5.36. The molecular weight excluding hydrogens is 336 g/mol. The molecule has 20 heavy (non-hydrogen) atoms. The van der Waals surface area contributed by atoms with Gasteiger partial charge in [-0.1, -0.05) is 28.1 Å². The maximum absolute atomic E-state index is 3.72. The topological polar surface area (TPSA) is 24.1 Å². The van der Waals surface area contributed by atoms with Crippen LogP contribution in [0.5, 0.6) is 0 Å². The van der Waals surface area contributed by atoms with E-state index in [1.165, 1.54) is 18.4 Å². The minimum Gasteiger partial charge on any atom is -0.310 e. The summed E-state index contributed by atoms with van der Waals surface area (Å²) in [5.41, 5.74) is 1.75. The standard InChI is InChI=1S/C16H25BrN2.ClH/c1-15(2)9-14(10-16(3,4)19-15)18-11-12-6-5-7-13(17)8-12;/h5-8,14,18-19H,9-11H2,1-4H3;1H. The quantitative estimate of drug-likeness (QED) is 0.840. The van der Waals surface area contributed by atoms with Crippen molar-refractivity contribution >= 4 is 28.3 Å². The van der Waals surface area contributed by atoms with Gasteiger partial charge in [0.2, 0.25) is 0 Å². The third-order valence-electron chi connectivity index (χ3n) is 3.67. The number of halogens is 2. The Morgan fingerprint density at radius 3 is 2.35 bits per heavy atom. The van der Waals surface area contributed by atoms with Crippen molar-refractivity contribution in [3.8, 4) is 0 Å². The number of piperidine rings is 1.